The second kappa shape index (κ2) is 7.54. The van der Waals surface area contributed by atoms with Crippen molar-refractivity contribution in [3.05, 3.63) is 4.91 Å². The van der Waals surface area contributed by atoms with Crippen molar-refractivity contribution in [2.75, 3.05) is 19.6 Å². The van der Waals surface area contributed by atoms with Crippen molar-refractivity contribution in [3.8, 4) is 0 Å². The van der Waals surface area contributed by atoms with Crippen LogP contribution in [-0.4, -0.2) is 84.7 Å². The zero-order chi connectivity index (χ0) is 23.5. The number of fused-ring (bicyclic) bond motifs is 2. The number of piperidine rings is 1. The second-order valence-corrected chi connectivity index (χ2v) is 11.2. The van der Waals surface area contributed by atoms with Gasteiger partial charge in [0.05, 0.1) is 10.6 Å². The van der Waals surface area contributed by atoms with Crippen LogP contribution in [-0.2, 0) is 24.1 Å². The molecule has 1 saturated carbocycles. The first kappa shape index (κ1) is 22.7. The van der Waals surface area contributed by atoms with E-state index in [9.17, 15) is 27.7 Å². The summed E-state index contributed by atoms with van der Waals surface area (Å²) in [4.78, 5) is 50.7. The Bertz CT molecular complexity index is 934. The summed E-state index contributed by atoms with van der Waals surface area (Å²) in [5.41, 5.74) is -0.548. The molecule has 14 heteroatoms. The molecule has 0 unspecified atom stereocenters. The predicted molar refractivity (Wildman–Crippen MR) is 108 cm³/mol. The van der Waals surface area contributed by atoms with Gasteiger partial charge in [-0.2, -0.15) is 13.5 Å². The van der Waals surface area contributed by atoms with Crippen LogP contribution >= 0.6 is 0 Å². The lowest BCUT2D eigenvalue weighted by molar-refractivity contribution is -0.131. The Morgan fingerprint density at radius 2 is 1.84 bits per heavy atom. The molecule has 178 valence electrons. The zero-order valence-corrected chi connectivity index (χ0v) is 19.0. The predicted octanol–water partition coefficient (Wildman–Crippen LogP) is 0.714. The molecule has 4 rings (SSSR count). The number of nitrogens with one attached hydrogen (secondary N) is 1. The third-order valence-corrected chi connectivity index (χ3v) is 6.83. The minimum absolute atomic E-state index is 0.00317. The van der Waals surface area contributed by atoms with Gasteiger partial charge in [-0.25, -0.2) is 9.59 Å². The summed E-state index contributed by atoms with van der Waals surface area (Å²) in [6.45, 7) is 6.77. The molecule has 3 heterocycles. The lowest BCUT2D eigenvalue weighted by atomic mass is 9.60. The highest BCUT2D eigenvalue weighted by Gasteiger charge is 2.56. The van der Waals surface area contributed by atoms with Gasteiger partial charge in [-0.3, -0.25) is 4.79 Å². The van der Waals surface area contributed by atoms with Crippen molar-refractivity contribution in [2.45, 2.75) is 70.2 Å². The number of hydrogen-bond acceptors (Lipinski definition) is 8. The van der Waals surface area contributed by atoms with E-state index < -0.39 is 34.0 Å². The number of hydroxylamine groups is 2. The number of amides is 4. The number of carbonyl (C=O) groups excluding carboxylic acids is 3. The first-order chi connectivity index (χ1) is 14.8. The summed E-state index contributed by atoms with van der Waals surface area (Å²) in [5.74, 6) is -0.307. The quantitative estimate of drug-likeness (QED) is 0.573. The fraction of sp³-hybridized carbons (Fsp3) is 0.833. The van der Waals surface area contributed by atoms with E-state index >= 15 is 0 Å². The molecule has 0 aromatic rings. The molecule has 4 amide bonds. The van der Waals surface area contributed by atoms with Gasteiger partial charge >= 0.3 is 22.4 Å². The van der Waals surface area contributed by atoms with Gasteiger partial charge in [-0.15, -0.1) is 9.19 Å². The van der Waals surface area contributed by atoms with Crippen molar-refractivity contribution >= 4 is 28.3 Å². The van der Waals surface area contributed by atoms with Crippen LogP contribution in [0.4, 0.5) is 9.59 Å². The average molecular weight is 474 g/mol. The standard InChI is InChI=1S/C18H27N5O8S/c1-17(2,3)30-16(26)21-9-18(10-21)6-11(7-18)19-14(24)13-5-4-12-8-22(13)15(25)23(12)31-32(28,29)20-27/h11-13H,4-10H2,1-3H3,(H,19,24)/t12-,13-/m1/s1. The monoisotopic (exact) mass is 473 g/mol. The Labute approximate surface area is 185 Å². The number of urea groups is 1. The molecule has 1 aliphatic carbocycles. The van der Waals surface area contributed by atoms with E-state index in [2.05, 4.69) is 9.60 Å². The van der Waals surface area contributed by atoms with E-state index in [-0.39, 0.29) is 30.0 Å². The van der Waals surface area contributed by atoms with Crippen molar-refractivity contribution in [2.24, 2.45) is 10.00 Å². The molecule has 2 bridgehead atoms. The smallest absolute Gasteiger partial charge is 0.436 e. The number of ether oxygens (including phenoxy) is 1. The van der Waals surface area contributed by atoms with Crippen molar-refractivity contribution in [1.29, 1.82) is 0 Å². The van der Waals surface area contributed by atoms with Crippen LogP contribution < -0.4 is 5.32 Å². The molecule has 1 spiro atoms. The van der Waals surface area contributed by atoms with Gasteiger partial charge in [0.25, 0.3) is 0 Å². The Hall–Kier alpha value is -2.48. The van der Waals surface area contributed by atoms with Gasteiger partial charge in [0.2, 0.25) is 5.91 Å². The largest absolute Gasteiger partial charge is 0.444 e. The minimum Gasteiger partial charge on any atom is -0.444 e. The molecule has 1 N–H and O–H groups in total. The number of hydrogen-bond donors (Lipinski definition) is 1. The summed E-state index contributed by atoms with van der Waals surface area (Å²) in [7, 11) is -4.75. The van der Waals surface area contributed by atoms with Gasteiger partial charge in [0.15, 0.2) is 0 Å². The van der Waals surface area contributed by atoms with Crippen LogP contribution in [0.3, 0.4) is 0 Å². The van der Waals surface area contributed by atoms with E-state index in [1.54, 1.807) is 4.90 Å². The topological polar surface area (TPSA) is 155 Å². The van der Waals surface area contributed by atoms with E-state index in [4.69, 9.17) is 4.74 Å². The van der Waals surface area contributed by atoms with Crippen LogP contribution in [0.25, 0.3) is 0 Å². The van der Waals surface area contributed by atoms with Gasteiger partial charge in [-0.1, -0.05) is 0 Å². The van der Waals surface area contributed by atoms with Gasteiger partial charge < -0.3 is 19.9 Å². The highest BCUT2D eigenvalue weighted by Crippen LogP contribution is 2.48. The van der Waals surface area contributed by atoms with Crippen LogP contribution in [0, 0.1) is 10.3 Å². The van der Waals surface area contributed by atoms with Crippen LogP contribution in [0.5, 0.6) is 0 Å². The first-order valence-corrected chi connectivity index (χ1v) is 11.9. The highest BCUT2D eigenvalue weighted by atomic mass is 32.2. The summed E-state index contributed by atoms with van der Waals surface area (Å²) in [6, 6.07) is -2.14. The third-order valence-electron chi connectivity index (χ3n) is 6.30. The van der Waals surface area contributed by atoms with Gasteiger partial charge in [0.1, 0.15) is 11.6 Å². The maximum Gasteiger partial charge on any atom is 0.436 e. The number of nitroso groups, excluding NO2 is 1. The maximum absolute atomic E-state index is 12.8. The summed E-state index contributed by atoms with van der Waals surface area (Å²) < 4.78 is 34.3. The summed E-state index contributed by atoms with van der Waals surface area (Å²) >= 11 is 0. The van der Waals surface area contributed by atoms with E-state index in [1.807, 2.05) is 25.4 Å². The molecule has 4 fully saturated rings. The average Bonchev–Trinajstić information content (AvgIpc) is 2.85. The molecule has 3 aliphatic heterocycles. The summed E-state index contributed by atoms with van der Waals surface area (Å²) in [5, 5.41) is 3.57. The zero-order valence-electron chi connectivity index (χ0n) is 18.1. The van der Waals surface area contributed by atoms with Gasteiger partial charge in [-0.05, 0) is 46.5 Å². The fourth-order valence-corrected chi connectivity index (χ4v) is 5.40. The normalized spacial score (nSPS) is 27.1. The highest BCUT2D eigenvalue weighted by molar-refractivity contribution is 7.85. The minimum atomic E-state index is -4.75. The molecule has 4 aliphatic rings. The van der Waals surface area contributed by atoms with Crippen LogP contribution in [0.15, 0.2) is 4.58 Å². The first-order valence-electron chi connectivity index (χ1n) is 10.5. The van der Waals surface area contributed by atoms with E-state index in [1.165, 1.54) is 4.90 Å². The fourth-order valence-electron chi connectivity index (χ4n) is 4.98. The molecule has 2 atom stereocenters. The Morgan fingerprint density at radius 3 is 2.44 bits per heavy atom. The maximum atomic E-state index is 12.8. The molecule has 3 saturated heterocycles. The molecule has 0 radical (unpaired) electrons. The van der Waals surface area contributed by atoms with Crippen LogP contribution in [0.1, 0.15) is 46.5 Å². The second-order valence-electron chi connectivity index (χ2n) is 10.0. The number of likely N-dealkylation sites (tertiary alicyclic amines) is 1. The molecule has 13 nitrogen and oxygen atoms in total. The van der Waals surface area contributed by atoms with Crippen molar-refractivity contribution in [1.82, 2.24) is 20.2 Å². The lowest BCUT2D eigenvalue weighted by Crippen LogP contribution is -2.68. The van der Waals surface area contributed by atoms with Crippen molar-refractivity contribution in [3.63, 3.8) is 0 Å². The Balaban J connectivity index is 1.26. The number of carbonyl (C=O) groups is 3. The van der Waals surface area contributed by atoms with Crippen LogP contribution in [0.2, 0.25) is 0 Å². The van der Waals surface area contributed by atoms with Gasteiger partial charge in [0, 0.05) is 31.1 Å². The molecule has 0 aromatic heterocycles. The molecular formula is C18H27N5O8S. The van der Waals surface area contributed by atoms with E-state index in [0.29, 0.717) is 31.0 Å². The number of rotatable bonds is 5. The Morgan fingerprint density at radius 1 is 1.19 bits per heavy atom. The third kappa shape index (κ3) is 4.25. The molecule has 0 aromatic carbocycles. The Kier molecular flexibility index (Phi) is 5.35. The van der Waals surface area contributed by atoms with Crippen molar-refractivity contribution < 1.29 is 31.8 Å². The molecular weight excluding hydrogens is 446 g/mol. The lowest BCUT2D eigenvalue weighted by Gasteiger charge is -2.58. The molecule has 32 heavy (non-hydrogen) atoms. The van der Waals surface area contributed by atoms with E-state index in [0.717, 1.165) is 12.8 Å². The SMILES string of the molecule is CC(C)(C)OC(=O)N1CC2(CC(NC(=O)[C@H]3CC[C@@H]4CN3C(=O)N4OS(=O)(=O)N=O)C2)C1. The number of nitrogens with zero attached hydrogens (tertiary/aromatic N) is 4. The summed E-state index contributed by atoms with van der Waals surface area (Å²) in [6.07, 6.45) is 1.84.